The molecule has 0 bridgehead atoms. The van der Waals surface area contributed by atoms with Crippen LogP contribution in [0.15, 0.2) is 12.7 Å². The molecule has 2 unspecified atom stereocenters. The van der Waals surface area contributed by atoms with Crippen LogP contribution in [0.4, 0.5) is 4.79 Å². The van der Waals surface area contributed by atoms with Crippen LogP contribution in [0.2, 0.25) is 0 Å². The first-order valence-corrected chi connectivity index (χ1v) is 8.67. The van der Waals surface area contributed by atoms with Crippen LogP contribution in [-0.4, -0.2) is 65.8 Å². The van der Waals surface area contributed by atoms with E-state index in [9.17, 15) is 4.79 Å². The van der Waals surface area contributed by atoms with Crippen molar-refractivity contribution in [3.8, 4) is 0 Å². The van der Waals surface area contributed by atoms with Gasteiger partial charge in [-0.1, -0.05) is 12.5 Å². The van der Waals surface area contributed by atoms with Gasteiger partial charge in [0.25, 0.3) is 0 Å². The summed E-state index contributed by atoms with van der Waals surface area (Å²) in [4.78, 5) is 16.5. The molecule has 0 spiro atoms. The monoisotopic (exact) mass is 309 g/mol. The fourth-order valence-electron chi connectivity index (χ4n) is 3.49. The highest BCUT2D eigenvalue weighted by atomic mass is 16.3. The van der Waals surface area contributed by atoms with Crippen molar-refractivity contribution >= 4 is 6.03 Å². The van der Waals surface area contributed by atoms with Gasteiger partial charge < -0.3 is 20.2 Å². The molecule has 5 heteroatoms. The minimum atomic E-state index is -0.0952. The molecule has 2 N–H and O–H groups in total. The molecule has 0 aromatic heterocycles. The summed E-state index contributed by atoms with van der Waals surface area (Å²) >= 11 is 0. The van der Waals surface area contributed by atoms with E-state index in [-0.39, 0.29) is 18.7 Å². The number of aliphatic hydroxyl groups is 1. The van der Waals surface area contributed by atoms with E-state index in [1.807, 2.05) is 0 Å². The maximum atomic E-state index is 12.3. The molecule has 5 nitrogen and oxygen atoms in total. The van der Waals surface area contributed by atoms with Crippen molar-refractivity contribution in [2.75, 3.05) is 32.8 Å². The van der Waals surface area contributed by atoms with E-state index in [2.05, 4.69) is 23.7 Å². The number of piperidine rings is 1. The highest BCUT2D eigenvalue weighted by molar-refractivity contribution is 5.74. The first kappa shape index (κ1) is 17.3. The molecule has 2 fully saturated rings. The van der Waals surface area contributed by atoms with Gasteiger partial charge in [-0.25, -0.2) is 4.79 Å². The summed E-state index contributed by atoms with van der Waals surface area (Å²) in [6, 6.07) is 0.862. The van der Waals surface area contributed by atoms with E-state index in [4.69, 9.17) is 5.11 Å². The van der Waals surface area contributed by atoms with Gasteiger partial charge in [-0.15, -0.1) is 6.58 Å². The molecule has 126 valence electrons. The fourth-order valence-corrected chi connectivity index (χ4v) is 3.49. The molecule has 0 radical (unpaired) electrons. The predicted molar refractivity (Wildman–Crippen MR) is 88.8 cm³/mol. The molecule has 0 aromatic carbocycles. The second-order valence-corrected chi connectivity index (χ2v) is 6.68. The number of hydrogen-bond acceptors (Lipinski definition) is 3. The Bertz CT molecular complexity index is 371. The SMILES string of the molecule is C=CCN(CCO)C(=O)NC(C)C1CCCN(C2CCC2)C1. The third-order valence-corrected chi connectivity index (χ3v) is 5.15. The first-order chi connectivity index (χ1) is 10.7. The van der Waals surface area contributed by atoms with Gasteiger partial charge >= 0.3 is 6.03 Å². The number of nitrogens with zero attached hydrogens (tertiary/aromatic N) is 2. The van der Waals surface area contributed by atoms with Gasteiger partial charge in [0.15, 0.2) is 0 Å². The Balaban J connectivity index is 1.82. The lowest BCUT2D eigenvalue weighted by molar-refractivity contribution is 0.0669. The van der Waals surface area contributed by atoms with Crippen molar-refractivity contribution in [2.45, 2.75) is 51.1 Å². The molecule has 1 saturated heterocycles. The third kappa shape index (κ3) is 4.46. The van der Waals surface area contributed by atoms with E-state index in [1.165, 1.54) is 38.6 Å². The second kappa shape index (κ2) is 8.53. The van der Waals surface area contributed by atoms with E-state index in [0.717, 1.165) is 12.6 Å². The molecule has 2 rings (SSSR count). The number of urea groups is 1. The van der Waals surface area contributed by atoms with Gasteiger partial charge in [-0.3, -0.25) is 0 Å². The Labute approximate surface area is 134 Å². The number of hydrogen-bond donors (Lipinski definition) is 2. The molecule has 2 aliphatic rings. The lowest BCUT2D eigenvalue weighted by atomic mass is 9.86. The van der Waals surface area contributed by atoms with Gasteiger partial charge in [0.2, 0.25) is 0 Å². The van der Waals surface area contributed by atoms with Crippen molar-refractivity contribution in [1.29, 1.82) is 0 Å². The molecule has 1 heterocycles. The highest BCUT2D eigenvalue weighted by Gasteiger charge is 2.32. The van der Waals surface area contributed by atoms with Crippen LogP contribution in [0.5, 0.6) is 0 Å². The van der Waals surface area contributed by atoms with Crippen molar-refractivity contribution in [2.24, 2.45) is 5.92 Å². The highest BCUT2D eigenvalue weighted by Crippen LogP contribution is 2.30. The lowest BCUT2D eigenvalue weighted by Crippen LogP contribution is -2.53. The van der Waals surface area contributed by atoms with Gasteiger partial charge in [-0.05, 0) is 45.1 Å². The third-order valence-electron chi connectivity index (χ3n) is 5.15. The van der Waals surface area contributed by atoms with Gasteiger partial charge in [0.05, 0.1) is 6.61 Å². The Hall–Kier alpha value is -1.07. The first-order valence-electron chi connectivity index (χ1n) is 8.67. The number of amides is 2. The Morgan fingerprint density at radius 1 is 1.45 bits per heavy atom. The van der Waals surface area contributed by atoms with Crippen molar-refractivity contribution in [1.82, 2.24) is 15.1 Å². The van der Waals surface area contributed by atoms with Crippen LogP contribution in [-0.2, 0) is 0 Å². The molecule has 22 heavy (non-hydrogen) atoms. The summed E-state index contributed by atoms with van der Waals surface area (Å²) in [6.45, 7) is 8.90. The van der Waals surface area contributed by atoms with Gasteiger partial charge in [0.1, 0.15) is 0 Å². The molecular formula is C17H31N3O2. The van der Waals surface area contributed by atoms with Crippen LogP contribution in [0.1, 0.15) is 39.0 Å². The molecule has 1 aliphatic carbocycles. The molecule has 2 atom stereocenters. The van der Waals surface area contributed by atoms with Crippen LogP contribution in [0, 0.1) is 5.92 Å². The van der Waals surface area contributed by atoms with E-state index in [0.29, 0.717) is 19.0 Å². The number of likely N-dealkylation sites (tertiary alicyclic amines) is 1. The summed E-state index contributed by atoms with van der Waals surface area (Å²) in [5.74, 6) is 0.526. The molecule has 0 aromatic rings. The van der Waals surface area contributed by atoms with E-state index < -0.39 is 0 Å². The zero-order chi connectivity index (χ0) is 15.9. The van der Waals surface area contributed by atoms with Crippen molar-refractivity contribution < 1.29 is 9.90 Å². The van der Waals surface area contributed by atoms with Crippen molar-refractivity contribution in [3.63, 3.8) is 0 Å². The number of rotatable bonds is 7. The number of nitrogens with one attached hydrogen (secondary N) is 1. The van der Waals surface area contributed by atoms with E-state index in [1.54, 1.807) is 11.0 Å². The Morgan fingerprint density at radius 2 is 2.23 bits per heavy atom. The van der Waals surface area contributed by atoms with Crippen LogP contribution < -0.4 is 5.32 Å². The Morgan fingerprint density at radius 3 is 2.82 bits per heavy atom. The predicted octanol–water partition coefficient (Wildman–Crippen LogP) is 1.83. The minimum Gasteiger partial charge on any atom is -0.395 e. The van der Waals surface area contributed by atoms with Crippen molar-refractivity contribution in [3.05, 3.63) is 12.7 Å². The largest absolute Gasteiger partial charge is 0.395 e. The fraction of sp³-hybridized carbons (Fsp3) is 0.824. The average Bonchev–Trinajstić information content (AvgIpc) is 2.45. The molecular weight excluding hydrogens is 278 g/mol. The summed E-state index contributed by atoms with van der Waals surface area (Å²) in [5.41, 5.74) is 0. The average molecular weight is 309 g/mol. The second-order valence-electron chi connectivity index (χ2n) is 6.68. The molecule has 2 amide bonds. The van der Waals surface area contributed by atoms with E-state index >= 15 is 0 Å². The maximum absolute atomic E-state index is 12.3. The van der Waals surface area contributed by atoms with Gasteiger partial charge in [0, 0.05) is 31.7 Å². The topological polar surface area (TPSA) is 55.8 Å². The van der Waals surface area contributed by atoms with Gasteiger partial charge in [-0.2, -0.15) is 0 Å². The summed E-state index contributed by atoms with van der Waals surface area (Å²) < 4.78 is 0. The standard InChI is InChI=1S/C17H31N3O2/c1-3-9-19(11-12-21)17(22)18-14(2)15-6-5-10-20(13-15)16-7-4-8-16/h3,14-16,21H,1,4-13H2,2H3,(H,18,22). The Kier molecular flexibility index (Phi) is 6.70. The number of carbonyl (C=O) groups is 1. The maximum Gasteiger partial charge on any atom is 0.317 e. The zero-order valence-corrected chi connectivity index (χ0v) is 13.8. The summed E-state index contributed by atoms with van der Waals surface area (Å²) in [6.07, 6.45) is 8.17. The van der Waals surface area contributed by atoms with Crippen LogP contribution in [0.25, 0.3) is 0 Å². The number of carbonyl (C=O) groups excluding carboxylic acids is 1. The normalized spacial score (nSPS) is 24.4. The van der Waals surface area contributed by atoms with Crippen LogP contribution >= 0.6 is 0 Å². The quantitative estimate of drug-likeness (QED) is 0.706. The van der Waals surface area contributed by atoms with Crippen LogP contribution in [0.3, 0.4) is 0 Å². The zero-order valence-electron chi connectivity index (χ0n) is 13.8. The summed E-state index contributed by atoms with van der Waals surface area (Å²) in [7, 11) is 0. The smallest absolute Gasteiger partial charge is 0.317 e. The minimum absolute atomic E-state index is 0.0193. The molecule has 1 aliphatic heterocycles. The molecule has 1 saturated carbocycles. The summed E-state index contributed by atoms with van der Waals surface area (Å²) in [5, 5.41) is 12.2. The number of aliphatic hydroxyl groups excluding tert-OH is 1. The lowest BCUT2D eigenvalue weighted by Gasteiger charge is -2.44.